The first-order valence-electron chi connectivity index (χ1n) is 27.8. The molecule has 352 valence electrons. The molecule has 0 N–H and O–H groups in total. The minimum Gasteiger partial charge on any atom is -0.310 e. The Kier molecular flexibility index (Phi) is 24.9. The Morgan fingerprint density at radius 1 is 0.312 bits per heavy atom. The van der Waals surface area contributed by atoms with Crippen LogP contribution in [0.25, 0.3) is 11.1 Å². The van der Waals surface area contributed by atoms with Crippen LogP contribution in [0, 0.1) is 13.8 Å². The van der Waals surface area contributed by atoms with Gasteiger partial charge in [-0.3, -0.25) is 0 Å². The molecule has 1 aliphatic carbocycles. The summed E-state index contributed by atoms with van der Waals surface area (Å²) in [6.07, 6.45) is 47.9. The van der Waals surface area contributed by atoms with E-state index in [0.717, 1.165) is 0 Å². The summed E-state index contributed by atoms with van der Waals surface area (Å²) < 4.78 is 0. The van der Waals surface area contributed by atoms with Crippen molar-refractivity contribution in [3.05, 3.63) is 113 Å². The molecular formula is C63H95N. The van der Waals surface area contributed by atoms with E-state index in [1.807, 2.05) is 0 Å². The monoisotopic (exact) mass is 866 g/mol. The highest BCUT2D eigenvalue weighted by Gasteiger charge is 2.42. The van der Waals surface area contributed by atoms with Gasteiger partial charge in [-0.25, -0.2) is 0 Å². The van der Waals surface area contributed by atoms with E-state index in [-0.39, 0.29) is 5.41 Å². The van der Waals surface area contributed by atoms with Gasteiger partial charge in [0.1, 0.15) is 0 Å². The van der Waals surface area contributed by atoms with Crippen LogP contribution >= 0.6 is 0 Å². The van der Waals surface area contributed by atoms with Crippen molar-refractivity contribution in [2.24, 2.45) is 0 Å². The van der Waals surface area contributed by atoms with E-state index in [1.165, 1.54) is 258 Å². The van der Waals surface area contributed by atoms with Crippen molar-refractivity contribution in [1.29, 1.82) is 0 Å². The van der Waals surface area contributed by atoms with Gasteiger partial charge in [-0.15, -0.1) is 0 Å². The molecule has 0 saturated heterocycles. The zero-order valence-corrected chi connectivity index (χ0v) is 42.1. The van der Waals surface area contributed by atoms with Crippen molar-refractivity contribution in [3.8, 4) is 11.1 Å². The van der Waals surface area contributed by atoms with Crippen molar-refractivity contribution >= 4 is 17.1 Å². The molecule has 64 heavy (non-hydrogen) atoms. The smallest absolute Gasteiger partial charge is 0.0465 e. The third-order valence-electron chi connectivity index (χ3n) is 15.0. The fraction of sp³-hybridized carbons (Fsp3) is 0.619. The maximum atomic E-state index is 2.62. The highest BCUT2D eigenvalue weighted by molar-refractivity contribution is 5.85. The van der Waals surface area contributed by atoms with Crippen LogP contribution in [0.15, 0.2) is 91.0 Å². The van der Waals surface area contributed by atoms with Crippen LogP contribution in [0.4, 0.5) is 17.1 Å². The Bertz CT molecular complexity index is 1700. The van der Waals surface area contributed by atoms with Gasteiger partial charge in [-0.2, -0.15) is 0 Å². The average molecular weight is 866 g/mol. The second-order valence-corrected chi connectivity index (χ2v) is 20.5. The first kappa shape index (κ1) is 51.7. The number of rotatable bonds is 37. The summed E-state index contributed by atoms with van der Waals surface area (Å²) in [5, 5.41) is 0. The Morgan fingerprint density at radius 3 is 1.00 bits per heavy atom. The molecule has 0 heterocycles. The maximum Gasteiger partial charge on any atom is 0.0465 e. The minimum absolute atomic E-state index is 0.0696. The van der Waals surface area contributed by atoms with Gasteiger partial charge < -0.3 is 4.90 Å². The fourth-order valence-electron chi connectivity index (χ4n) is 11.0. The quantitative estimate of drug-likeness (QED) is 0.0408. The van der Waals surface area contributed by atoms with Crippen LogP contribution < -0.4 is 4.90 Å². The number of hydrogen-bond donors (Lipinski definition) is 0. The van der Waals surface area contributed by atoms with E-state index in [2.05, 4.69) is 124 Å². The van der Waals surface area contributed by atoms with Gasteiger partial charge in [0.2, 0.25) is 0 Å². The second kappa shape index (κ2) is 30.8. The van der Waals surface area contributed by atoms with Crippen molar-refractivity contribution in [2.45, 2.75) is 251 Å². The number of anilines is 3. The lowest BCUT2D eigenvalue weighted by Crippen LogP contribution is -2.26. The summed E-state index contributed by atoms with van der Waals surface area (Å²) in [6.45, 7) is 9.02. The standard InChI is InChI=1S/C63H95N/c1-5-7-9-11-13-15-17-19-21-23-25-27-29-31-33-37-51-63(52-38-34-32-30-28-26-24-22-20-18-16-14-12-10-8-6-2)61-40-36-35-39-59(61)60-50-49-58(53-62(60)63)64(56-45-41-54(3)42-46-56)57-47-43-55(4)44-48-57/h35-36,39-50,53H,5-34,37-38,51-52H2,1-4H3. The van der Waals surface area contributed by atoms with Gasteiger partial charge in [0, 0.05) is 22.5 Å². The molecule has 4 aromatic rings. The number of hydrogen-bond acceptors (Lipinski definition) is 1. The number of nitrogens with zero attached hydrogens (tertiary/aromatic N) is 1. The third-order valence-corrected chi connectivity index (χ3v) is 15.0. The molecule has 1 nitrogen and oxygen atoms in total. The van der Waals surface area contributed by atoms with Gasteiger partial charge in [-0.05, 0) is 85.3 Å². The normalized spacial score (nSPS) is 12.8. The molecule has 0 aromatic heterocycles. The topological polar surface area (TPSA) is 3.24 Å². The molecule has 0 unspecified atom stereocenters. The van der Waals surface area contributed by atoms with Crippen LogP contribution in [0.1, 0.15) is 254 Å². The van der Waals surface area contributed by atoms with Crippen LogP contribution in [-0.4, -0.2) is 0 Å². The van der Waals surface area contributed by atoms with Gasteiger partial charge in [0.05, 0.1) is 0 Å². The number of fused-ring (bicyclic) bond motifs is 3. The van der Waals surface area contributed by atoms with Gasteiger partial charge in [-0.1, -0.05) is 285 Å². The zero-order valence-electron chi connectivity index (χ0n) is 42.1. The second-order valence-electron chi connectivity index (χ2n) is 20.5. The van der Waals surface area contributed by atoms with Crippen molar-refractivity contribution in [1.82, 2.24) is 0 Å². The van der Waals surface area contributed by atoms with Crippen LogP contribution in [0.2, 0.25) is 0 Å². The first-order valence-corrected chi connectivity index (χ1v) is 27.8. The summed E-state index contributed by atoms with van der Waals surface area (Å²) in [6, 6.07) is 35.3. The summed E-state index contributed by atoms with van der Waals surface area (Å²) in [7, 11) is 0. The largest absolute Gasteiger partial charge is 0.310 e. The van der Waals surface area contributed by atoms with Crippen molar-refractivity contribution < 1.29 is 0 Å². The lowest BCUT2D eigenvalue weighted by atomic mass is 9.70. The Hall–Kier alpha value is -3.32. The molecular weight excluding hydrogens is 771 g/mol. The van der Waals surface area contributed by atoms with Crippen molar-refractivity contribution in [2.75, 3.05) is 4.90 Å². The minimum atomic E-state index is 0.0696. The predicted octanol–water partition coefficient (Wildman–Crippen LogP) is 21.3. The lowest BCUT2D eigenvalue weighted by molar-refractivity contribution is 0.397. The predicted molar refractivity (Wildman–Crippen MR) is 285 cm³/mol. The Morgan fingerprint density at radius 2 is 0.625 bits per heavy atom. The number of benzene rings is 4. The van der Waals surface area contributed by atoms with Gasteiger partial charge >= 0.3 is 0 Å². The van der Waals surface area contributed by atoms with Gasteiger partial charge in [0.15, 0.2) is 0 Å². The van der Waals surface area contributed by atoms with E-state index in [0.29, 0.717) is 0 Å². The molecule has 1 aliphatic rings. The fourth-order valence-corrected chi connectivity index (χ4v) is 11.0. The molecule has 0 radical (unpaired) electrons. The molecule has 0 bridgehead atoms. The van der Waals surface area contributed by atoms with E-state index in [9.17, 15) is 0 Å². The SMILES string of the molecule is CCCCCCCCCCCCCCCCCCC1(CCCCCCCCCCCCCCCCCC)c2ccccc2-c2ccc(N(c3ccc(C)cc3)c3ccc(C)cc3)cc21. The maximum absolute atomic E-state index is 2.62. The summed E-state index contributed by atoms with van der Waals surface area (Å²) >= 11 is 0. The molecule has 1 heteroatoms. The summed E-state index contributed by atoms with van der Waals surface area (Å²) in [5.74, 6) is 0. The lowest BCUT2D eigenvalue weighted by Gasteiger charge is -2.34. The molecule has 5 rings (SSSR count). The number of aryl methyl sites for hydroxylation is 2. The van der Waals surface area contributed by atoms with E-state index in [1.54, 1.807) is 11.1 Å². The van der Waals surface area contributed by atoms with Crippen LogP contribution in [0.3, 0.4) is 0 Å². The van der Waals surface area contributed by atoms with Crippen LogP contribution in [0.5, 0.6) is 0 Å². The molecule has 0 spiro atoms. The molecule has 0 atom stereocenters. The van der Waals surface area contributed by atoms with Crippen LogP contribution in [-0.2, 0) is 5.41 Å². The molecule has 0 saturated carbocycles. The molecule has 4 aromatic carbocycles. The third kappa shape index (κ3) is 17.2. The summed E-state index contributed by atoms with van der Waals surface area (Å²) in [5.41, 5.74) is 12.5. The van der Waals surface area contributed by atoms with Gasteiger partial charge in [0.25, 0.3) is 0 Å². The Labute approximate surface area is 396 Å². The molecule has 0 aliphatic heterocycles. The Balaban J connectivity index is 1.20. The number of unbranched alkanes of at least 4 members (excludes halogenated alkanes) is 30. The van der Waals surface area contributed by atoms with E-state index >= 15 is 0 Å². The molecule has 0 fully saturated rings. The average Bonchev–Trinajstić information content (AvgIpc) is 3.58. The molecule has 0 amide bonds. The zero-order chi connectivity index (χ0) is 44.9. The van der Waals surface area contributed by atoms with E-state index in [4.69, 9.17) is 0 Å². The summed E-state index contributed by atoms with van der Waals surface area (Å²) in [4.78, 5) is 2.50. The van der Waals surface area contributed by atoms with E-state index < -0.39 is 0 Å². The highest BCUT2D eigenvalue weighted by atomic mass is 15.1. The van der Waals surface area contributed by atoms with Crippen molar-refractivity contribution in [3.63, 3.8) is 0 Å². The highest BCUT2D eigenvalue weighted by Crippen LogP contribution is 2.55. The first-order chi connectivity index (χ1) is 31.6.